The molecule has 13 heavy (non-hydrogen) atoms. The Balaban J connectivity index is 3.44. The minimum atomic E-state index is -1.38. The Hall–Kier alpha value is -1.10. The number of ether oxygens (including phenoxy) is 1. The van der Waals surface area contributed by atoms with Crippen molar-refractivity contribution in [1.82, 2.24) is 0 Å². The van der Waals surface area contributed by atoms with Crippen molar-refractivity contribution in [3.05, 3.63) is 0 Å². The molecule has 0 heterocycles. The van der Waals surface area contributed by atoms with Gasteiger partial charge in [0.05, 0.1) is 6.61 Å². The molecular weight excluding hydrogens is 176 g/mol. The third-order valence-electron chi connectivity index (χ3n) is 1.45. The van der Waals surface area contributed by atoms with Crippen LogP contribution in [0, 0.1) is 0 Å². The maximum Gasteiger partial charge on any atom is 0.332 e. The Morgan fingerprint density at radius 3 is 2.54 bits per heavy atom. The summed E-state index contributed by atoms with van der Waals surface area (Å²) < 4.78 is 4.62. The van der Waals surface area contributed by atoms with Crippen LogP contribution in [0.25, 0.3) is 0 Å². The van der Waals surface area contributed by atoms with Crippen molar-refractivity contribution in [1.29, 1.82) is 0 Å². The van der Waals surface area contributed by atoms with Gasteiger partial charge in [0.1, 0.15) is 0 Å². The second kappa shape index (κ2) is 6.42. The summed E-state index contributed by atoms with van der Waals surface area (Å²) in [5.74, 6) is -1.62. The smallest absolute Gasteiger partial charge is 0.332 e. The monoisotopic (exact) mass is 190 g/mol. The zero-order valence-electron chi connectivity index (χ0n) is 7.52. The van der Waals surface area contributed by atoms with Gasteiger partial charge in [-0.1, -0.05) is 0 Å². The van der Waals surface area contributed by atoms with Gasteiger partial charge in [0, 0.05) is 6.42 Å². The van der Waals surface area contributed by atoms with E-state index in [9.17, 15) is 9.59 Å². The van der Waals surface area contributed by atoms with Crippen LogP contribution in [0.3, 0.4) is 0 Å². The Labute approximate surface area is 76.3 Å². The molecule has 0 fully saturated rings. The van der Waals surface area contributed by atoms with Gasteiger partial charge < -0.3 is 14.9 Å². The topological polar surface area (TPSA) is 83.8 Å². The van der Waals surface area contributed by atoms with Crippen molar-refractivity contribution < 1.29 is 24.5 Å². The van der Waals surface area contributed by atoms with Crippen molar-refractivity contribution in [3.63, 3.8) is 0 Å². The van der Waals surface area contributed by atoms with Gasteiger partial charge in [-0.15, -0.1) is 0 Å². The van der Waals surface area contributed by atoms with Crippen LogP contribution in [0.15, 0.2) is 0 Å². The zero-order valence-corrected chi connectivity index (χ0v) is 7.52. The van der Waals surface area contributed by atoms with Gasteiger partial charge in [-0.05, 0) is 19.8 Å². The van der Waals surface area contributed by atoms with Gasteiger partial charge in [0.2, 0.25) is 0 Å². The second-order valence-corrected chi connectivity index (χ2v) is 2.55. The summed E-state index contributed by atoms with van der Waals surface area (Å²) in [6.45, 7) is 2.02. The molecule has 0 aromatic rings. The lowest BCUT2D eigenvalue weighted by Gasteiger charge is -2.04. The Kier molecular flexibility index (Phi) is 5.88. The van der Waals surface area contributed by atoms with E-state index in [1.54, 1.807) is 6.92 Å². The summed E-state index contributed by atoms with van der Waals surface area (Å²) in [6, 6.07) is 0. The third kappa shape index (κ3) is 6.10. The molecule has 0 saturated heterocycles. The number of aliphatic hydroxyl groups is 1. The molecule has 5 nitrogen and oxygen atoms in total. The number of rotatable bonds is 6. The Bertz CT molecular complexity index is 177. The first-order valence-electron chi connectivity index (χ1n) is 4.14. The molecule has 0 saturated carbocycles. The average Bonchev–Trinajstić information content (AvgIpc) is 2.04. The SMILES string of the molecule is CCOC(=O)CCC[C@H](O)C(=O)O. The summed E-state index contributed by atoms with van der Waals surface area (Å²) in [7, 11) is 0. The van der Waals surface area contributed by atoms with Gasteiger partial charge >= 0.3 is 11.9 Å². The molecule has 0 aliphatic heterocycles. The normalized spacial score (nSPS) is 12.2. The first-order chi connectivity index (χ1) is 6.07. The maximum atomic E-state index is 10.7. The highest BCUT2D eigenvalue weighted by Crippen LogP contribution is 2.02. The van der Waals surface area contributed by atoms with Crippen molar-refractivity contribution in [2.75, 3.05) is 6.61 Å². The highest BCUT2D eigenvalue weighted by molar-refractivity contribution is 5.72. The highest BCUT2D eigenvalue weighted by Gasteiger charge is 2.13. The standard InChI is InChI=1S/C8H14O5/c1-2-13-7(10)5-3-4-6(9)8(11)12/h6,9H,2-5H2,1H3,(H,11,12)/t6-/m0/s1. The predicted octanol–water partition coefficient (Wildman–Crippen LogP) is 0.165. The second-order valence-electron chi connectivity index (χ2n) is 2.55. The molecule has 0 aromatic carbocycles. The maximum absolute atomic E-state index is 10.7. The highest BCUT2D eigenvalue weighted by atomic mass is 16.5. The van der Waals surface area contributed by atoms with E-state index < -0.39 is 12.1 Å². The van der Waals surface area contributed by atoms with Gasteiger partial charge in [0.15, 0.2) is 6.10 Å². The molecular formula is C8H14O5. The quantitative estimate of drug-likeness (QED) is 0.583. The molecule has 0 bridgehead atoms. The van der Waals surface area contributed by atoms with Crippen LogP contribution in [-0.4, -0.2) is 34.9 Å². The van der Waals surface area contributed by atoms with E-state index >= 15 is 0 Å². The fraction of sp³-hybridized carbons (Fsp3) is 0.750. The largest absolute Gasteiger partial charge is 0.479 e. The van der Waals surface area contributed by atoms with Crippen LogP contribution in [0.1, 0.15) is 26.2 Å². The van der Waals surface area contributed by atoms with Gasteiger partial charge in [0.25, 0.3) is 0 Å². The van der Waals surface area contributed by atoms with Crippen LogP contribution in [0.2, 0.25) is 0 Å². The fourth-order valence-electron chi connectivity index (χ4n) is 0.796. The minimum absolute atomic E-state index is 0.0775. The molecule has 0 rings (SSSR count). The van der Waals surface area contributed by atoms with Crippen molar-refractivity contribution >= 4 is 11.9 Å². The van der Waals surface area contributed by atoms with Crippen LogP contribution in [0.5, 0.6) is 0 Å². The zero-order chi connectivity index (χ0) is 10.3. The van der Waals surface area contributed by atoms with Crippen molar-refractivity contribution in [2.24, 2.45) is 0 Å². The molecule has 0 aliphatic rings. The first kappa shape index (κ1) is 11.9. The van der Waals surface area contributed by atoms with Crippen LogP contribution in [0.4, 0.5) is 0 Å². The number of carbonyl (C=O) groups is 2. The Morgan fingerprint density at radius 2 is 2.08 bits per heavy atom. The van der Waals surface area contributed by atoms with Gasteiger partial charge in [-0.2, -0.15) is 0 Å². The Morgan fingerprint density at radius 1 is 1.46 bits per heavy atom. The van der Waals surface area contributed by atoms with E-state index in [0.29, 0.717) is 13.0 Å². The number of aliphatic carboxylic acids is 1. The lowest BCUT2D eigenvalue weighted by atomic mass is 10.1. The lowest BCUT2D eigenvalue weighted by molar-refractivity contribution is -0.148. The van der Waals surface area contributed by atoms with Gasteiger partial charge in [-0.3, -0.25) is 4.79 Å². The number of carbonyl (C=O) groups excluding carboxylic acids is 1. The predicted molar refractivity (Wildman–Crippen MR) is 44.1 cm³/mol. The summed E-state index contributed by atoms with van der Waals surface area (Å²) in [6.07, 6.45) is -0.826. The van der Waals surface area contributed by atoms with Crippen LogP contribution < -0.4 is 0 Å². The molecule has 1 atom stereocenters. The van der Waals surface area contributed by atoms with Gasteiger partial charge in [-0.25, -0.2) is 4.79 Å². The summed E-state index contributed by atoms with van der Waals surface area (Å²) >= 11 is 0. The van der Waals surface area contributed by atoms with E-state index in [2.05, 4.69) is 4.74 Å². The number of carboxylic acid groups (broad SMARTS) is 1. The molecule has 2 N–H and O–H groups in total. The third-order valence-corrected chi connectivity index (χ3v) is 1.45. The molecule has 5 heteroatoms. The van der Waals surface area contributed by atoms with E-state index in [4.69, 9.17) is 10.2 Å². The number of esters is 1. The molecule has 76 valence electrons. The van der Waals surface area contributed by atoms with E-state index in [1.165, 1.54) is 0 Å². The number of hydrogen-bond acceptors (Lipinski definition) is 4. The molecule has 0 aliphatic carbocycles. The molecule has 0 amide bonds. The molecule has 0 aromatic heterocycles. The van der Waals surface area contributed by atoms with E-state index in [0.717, 1.165) is 0 Å². The summed E-state index contributed by atoms with van der Waals surface area (Å²) in [5.41, 5.74) is 0. The minimum Gasteiger partial charge on any atom is -0.479 e. The van der Waals surface area contributed by atoms with E-state index in [1.807, 2.05) is 0 Å². The summed E-state index contributed by atoms with van der Waals surface area (Å²) in [4.78, 5) is 20.9. The number of aliphatic hydroxyl groups excluding tert-OH is 1. The molecule has 0 unspecified atom stereocenters. The lowest BCUT2D eigenvalue weighted by Crippen LogP contribution is -2.19. The molecule has 0 radical (unpaired) electrons. The van der Waals surface area contributed by atoms with Crippen LogP contribution in [-0.2, 0) is 14.3 Å². The average molecular weight is 190 g/mol. The number of hydrogen-bond donors (Lipinski definition) is 2. The number of carboxylic acids is 1. The summed E-state index contributed by atoms with van der Waals surface area (Å²) in [5, 5.41) is 17.1. The van der Waals surface area contributed by atoms with E-state index in [-0.39, 0.29) is 18.8 Å². The van der Waals surface area contributed by atoms with Crippen molar-refractivity contribution in [2.45, 2.75) is 32.3 Å². The van der Waals surface area contributed by atoms with Crippen molar-refractivity contribution in [3.8, 4) is 0 Å². The van der Waals surface area contributed by atoms with Crippen LogP contribution >= 0.6 is 0 Å². The molecule has 0 spiro atoms. The fourth-order valence-corrected chi connectivity index (χ4v) is 0.796. The first-order valence-corrected chi connectivity index (χ1v) is 4.14.